The number of hydrogen-bond acceptors (Lipinski definition) is 8. The van der Waals surface area contributed by atoms with Crippen molar-refractivity contribution in [3.8, 4) is 0 Å². The van der Waals surface area contributed by atoms with Crippen LogP contribution < -0.4 is 0 Å². The van der Waals surface area contributed by atoms with Gasteiger partial charge in [-0.1, -0.05) is 70.6 Å². The van der Waals surface area contributed by atoms with Gasteiger partial charge in [-0.25, -0.2) is 0 Å². The average molecular weight is 589 g/mol. The summed E-state index contributed by atoms with van der Waals surface area (Å²) < 4.78 is 25.3. The lowest BCUT2D eigenvalue weighted by molar-refractivity contribution is -0.335. The Labute approximate surface area is 251 Å². The van der Waals surface area contributed by atoms with Crippen LogP contribution in [0.5, 0.6) is 0 Å². The normalized spacial score (nSPS) is 45.6. The van der Waals surface area contributed by atoms with Crippen LogP contribution in [0.4, 0.5) is 0 Å². The number of carbonyl (C=O) groups excluding carboxylic acids is 1. The van der Waals surface area contributed by atoms with Crippen molar-refractivity contribution in [1.29, 1.82) is 0 Å². The highest BCUT2D eigenvalue weighted by Gasteiger charge is 2.60. The summed E-state index contributed by atoms with van der Waals surface area (Å²) in [6, 6.07) is 0. The van der Waals surface area contributed by atoms with Crippen LogP contribution in [-0.4, -0.2) is 76.4 Å². The Bertz CT molecular complexity index is 1080. The second kappa shape index (κ2) is 13.9. The lowest BCUT2D eigenvalue weighted by atomic mass is 9.70. The molecular formula is C34H52O8. The van der Waals surface area contributed by atoms with E-state index < -0.39 is 48.2 Å². The molecule has 8 nitrogen and oxygen atoms in total. The molecular weight excluding hydrogens is 536 g/mol. The number of hydrogen-bond donors (Lipinski definition) is 3. The molecule has 4 heterocycles. The molecule has 236 valence electrons. The molecule has 3 saturated heterocycles. The maximum atomic E-state index is 13.9. The van der Waals surface area contributed by atoms with Crippen LogP contribution in [0.2, 0.25) is 0 Å². The van der Waals surface area contributed by atoms with Crippen LogP contribution in [0.15, 0.2) is 47.1 Å². The quantitative estimate of drug-likeness (QED) is 0.308. The van der Waals surface area contributed by atoms with Gasteiger partial charge >= 0.3 is 5.97 Å². The van der Waals surface area contributed by atoms with E-state index in [2.05, 4.69) is 39.8 Å². The number of carbonyl (C=O) groups is 1. The van der Waals surface area contributed by atoms with E-state index in [1.165, 1.54) is 11.6 Å². The Balaban J connectivity index is 0.00000198. The van der Waals surface area contributed by atoms with Crippen molar-refractivity contribution < 1.29 is 39.1 Å². The first kappa shape index (κ1) is 33.1. The first-order valence-electron chi connectivity index (χ1n) is 16.0. The van der Waals surface area contributed by atoms with Gasteiger partial charge in [0, 0.05) is 19.3 Å². The molecule has 0 saturated carbocycles. The number of rotatable bonds is 2. The second-order valence-electron chi connectivity index (χ2n) is 12.7. The van der Waals surface area contributed by atoms with Crippen molar-refractivity contribution in [2.75, 3.05) is 13.2 Å². The molecule has 8 heteroatoms. The van der Waals surface area contributed by atoms with Crippen LogP contribution in [0.25, 0.3) is 0 Å². The number of aliphatic hydroxyl groups is 3. The molecule has 1 spiro atoms. The van der Waals surface area contributed by atoms with Gasteiger partial charge in [0.2, 0.25) is 0 Å². The number of fused-ring (bicyclic) bond motifs is 2. The Morgan fingerprint density at radius 3 is 2.62 bits per heavy atom. The number of ether oxygens (including phenoxy) is 4. The lowest BCUT2D eigenvalue weighted by Crippen LogP contribution is -2.58. The zero-order chi connectivity index (χ0) is 30.7. The molecule has 42 heavy (non-hydrogen) atoms. The van der Waals surface area contributed by atoms with Gasteiger partial charge in [-0.15, -0.1) is 0 Å². The fraction of sp³-hybridized carbons (Fsp3) is 0.735. The van der Waals surface area contributed by atoms with Crippen molar-refractivity contribution in [1.82, 2.24) is 0 Å². The Morgan fingerprint density at radius 1 is 1.14 bits per heavy atom. The number of esters is 1. The summed E-state index contributed by atoms with van der Waals surface area (Å²) in [4.78, 5) is 13.9. The van der Waals surface area contributed by atoms with E-state index in [9.17, 15) is 20.1 Å². The lowest BCUT2D eigenvalue weighted by Gasteiger charge is -2.50. The SMILES string of the molecule is CC.CCC1OC2(CCC1C)CC1CC(C/C=C(\C)CC(C)/C=C/C=C3\COC4C(O)C(CO)=CC(C(=O)O1)C34O)O2. The van der Waals surface area contributed by atoms with Gasteiger partial charge in [-0.05, 0) is 55.6 Å². The Morgan fingerprint density at radius 2 is 1.90 bits per heavy atom. The molecule has 0 aromatic heterocycles. The predicted molar refractivity (Wildman–Crippen MR) is 160 cm³/mol. The molecule has 2 bridgehead atoms. The van der Waals surface area contributed by atoms with Gasteiger partial charge in [0.15, 0.2) is 5.79 Å². The summed E-state index contributed by atoms with van der Waals surface area (Å²) in [6.07, 6.45) is 11.7. The van der Waals surface area contributed by atoms with E-state index in [0.29, 0.717) is 30.8 Å². The van der Waals surface area contributed by atoms with Crippen LogP contribution in [0, 0.1) is 17.8 Å². The highest BCUT2D eigenvalue weighted by atomic mass is 16.7. The molecule has 5 aliphatic rings. The van der Waals surface area contributed by atoms with Crippen molar-refractivity contribution in [2.24, 2.45) is 17.8 Å². The minimum Gasteiger partial charge on any atom is -0.462 e. The summed E-state index contributed by atoms with van der Waals surface area (Å²) in [5, 5.41) is 32.9. The molecule has 3 N–H and O–H groups in total. The summed E-state index contributed by atoms with van der Waals surface area (Å²) >= 11 is 0. The third-order valence-electron chi connectivity index (χ3n) is 9.55. The number of allylic oxidation sites excluding steroid dienone is 4. The highest BCUT2D eigenvalue weighted by molar-refractivity contribution is 5.78. The standard InChI is InChI=1S/C32H46O8.C2H6/c1-5-27-21(4)11-12-31(40-27)16-25-15-24(39-31)10-9-20(3)13-19(2)7-6-8-23-18-37-29-28(34)22(17-33)14-26(30(35)38-25)32(23,29)36;1-2/h6-9,14,19,21,24-29,33-34,36H,5,10-13,15-18H2,1-4H3;1-2H3/b7-6+,20-9+,23-8+;. The molecule has 0 aromatic carbocycles. The molecule has 5 rings (SSSR count). The van der Waals surface area contributed by atoms with Crippen LogP contribution >= 0.6 is 0 Å². The summed E-state index contributed by atoms with van der Waals surface area (Å²) in [5.41, 5.74) is 0.223. The zero-order valence-electron chi connectivity index (χ0n) is 26.3. The monoisotopic (exact) mass is 588 g/mol. The van der Waals surface area contributed by atoms with Gasteiger partial charge in [0.25, 0.3) is 0 Å². The Kier molecular flexibility index (Phi) is 10.9. The predicted octanol–water partition coefficient (Wildman–Crippen LogP) is 4.92. The van der Waals surface area contributed by atoms with Crippen molar-refractivity contribution in [2.45, 2.75) is 128 Å². The van der Waals surface area contributed by atoms with Gasteiger partial charge in [0.05, 0.1) is 25.4 Å². The Hall–Kier alpha value is -1.81. The van der Waals surface area contributed by atoms with Crippen LogP contribution in [0.3, 0.4) is 0 Å². The van der Waals surface area contributed by atoms with E-state index >= 15 is 0 Å². The second-order valence-corrected chi connectivity index (χ2v) is 12.7. The van der Waals surface area contributed by atoms with Gasteiger partial charge in [-0.2, -0.15) is 0 Å². The first-order valence-corrected chi connectivity index (χ1v) is 16.0. The van der Waals surface area contributed by atoms with Crippen molar-refractivity contribution in [3.05, 3.63) is 47.1 Å². The third kappa shape index (κ3) is 6.64. The molecule has 10 atom stereocenters. The zero-order valence-corrected chi connectivity index (χ0v) is 26.3. The van der Waals surface area contributed by atoms with Gasteiger partial charge < -0.3 is 34.3 Å². The fourth-order valence-electron chi connectivity index (χ4n) is 7.28. The maximum absolute atomic E-state index is 13.9. The molecule has 1 aliphatic carbocycles. The summed E-state index contributed by atoms with van der Waals surface area (Å²) in [7, 11) is 0. The largest absolute Gasteiger partial charge is 0.462 e. The molecule has 0 amide bonds. The third-order valence-corrected chi connectivity index (χ3v) is 9.55. The summed E-state index contributed by atoms with van der Waals surface area (Å²) in [6.45, 7) is 12.2. The van der Waals surface area contributed by atoms with E-state index in [1.807, 2.05) is 19.9 Å². The molecule has 10 unspecified atom stereocenters. The number of aliphatic hydroxyl groups excluding tert-OH is 2. The fourth-order valence-corrected chi connectivity index (χ4v) is 7.28. The van der Waals surface area contributed by atoms with E-state index in [4.69, 9.17) is 18.9 Å². The van der Waals surface area contributed by atoms with Gasteiger partial charge in [0.1, 0.15) is 29.8 Å². The van der Waals surface area contributed by atoms with Crippen molar-refractivity contribution in [3.63, 3.8) is 0 Å². The van der Waals surface area contributed by atoms with E-state index in [0.717, 1.165) is 25.7 Å². The van der Waals surface area contributed by atoms with E-state index in [-0.39, 0.29) is 30.3 Å². The van der Waals surface area contributed by atoms with Crippen LogP contribution in [-0.2, 0) is 23.7 Å². The maximum Gasteiger partial charge on any atom is 0.316 e. The first-order chi connectivity index (χ1) is 20.1. The smallest absolute Gasteiger partial charge is 0.316 e. The molecule has 0 radical (unpaired) electrons. The minimum atomic E-state index is -1.79. The topological polar surface area (TPSA) is 115 Å². The highest BCUT2D eigenvalue weighted by Crippen LogP contribution is 2.47. The molecule has 3 fully saturated rings. The van der Waals surface area contributed by atoms with E-state index in [1.54, 1.807) is 6.08 Å². The summed E-state index contributed by atoms with van der Waals surface area (Å²) in [5.74, 6) is -1.87. The molecule has 0 aromatic rings. The molecule has 4 aliphatic heterocycles. The van der Waals surface area contributed by atoms with Crippen LogP contribution in [0.1, 0.15) is 86.5 Å². The van der Waals surface area contributed by atoms with Gasteiger partial charge in [-0.3, -0.25) is 4.79 Å². The van der Waals surface area contributed by atoms with Crippen molar-refractivity contribution >= 4 is 5.97 Å². The average Bonchev–Trinajstić information content (AvgIpc) is 3.31. The minimum absolute atomic E-state index is 0.0685.